The Morgan fingerprint density at radius 3 is 0.661 bits per heavy atom. The van der Waals surface area contributed by atoms with Gasteiger partial charge in [-0.2, -0.15) is 0 Å². The molecule has 1 aromatic rings. The Morgan fingerprint density at radius 1 is 0.321 bits per heavy atom. The van der Waals surface area contributed by atoms with Crippen LogP contribution in [0.5, 0.6) is 11.5 Å². The lowest BCUT2D eigenvalue weighted by Gasteiger charge is -2.64. The molecule has 16 saturated carbocycles. The molecule has 2 unspecified atom stereocenters. The molecule has 0 amide bonds. The zero-order chi connectivity index (χ0) is 36.2. The number of hydrogen-bond acceptors (Lipinski definition) is 4. The van der Waals surface area contributed by atoms with Crippen LogP contribution in [0.15, 0.2) is 0 Å². The summed E-state index contributed by atoms with van der Waals surface area (Å²) in [7, 11) is 0. The van der Waals surface area contributed by atoms with Gasteiger partial charge in [-0.25, -0.2) is 0 Å². The van der Waals surface area contributed by atoms with Gasteiger partial charge in [-0.1, -0.05) is 0 Å². The van der Waals surface area contributed by atoms with Gasteiger partial charge in [0.2, 0.25) is 0 Å². The summed E-state index contributed by atoms with van der Waals surface area (Å²) in [5.41, 5.74) is 8.35. The molecule has 2 heterocycles. The first-order valence-electron chi connectivity index (χ1n) is 25.1. The van der Waals surface area contributed by atoms with Gasteiger partial charge in [-0.15, -0.1) is 0 Å². The van der Waals surface area contributed by atoms with Crippen molar-refractivity contribution < 1.29 is 18.9 Å². The van der Waals surface area contributed by atoms with Crippen LogP contribution in [-0.4, -0.2) is 38.6 Å². The summed E-state index contributed by atoms with van der Waals surface area (Å²) in [6, 6.07) is 0. The molecule has 2 saturated heterocycles. The molecule has 0 N–H and O–H groups in total. The second-order valence-electron chi connectivity index (χ2n) is 25.5. The van der Waals surface area contributed by atoms with Crippen molar-refractivity contribution in [2.45, 2.75) is 188 Å². The van der Waals surface area contributed by atoms with Crippen molar-refractivity contribution in [2.75, 3.05) is 26.4 Å². The van der Waals surface area contributed by atoms with E-state index in [-0.39, 0.29) is 33.9 Å². The van der Waals surface area contributed by atoms with Gasteiger partial charge < -0.3 is 18.9 Å². The first kappa shape index (κ1) is 33.5. The Balaban J connectivity index is 1.07. The van der Waals surface area contributed by atoms with Crippen molar-refractivity contribution in [2.24, 2.45) is 71.0 Å². The van der Waals surface area contributed by atoms with Gasteiger partial charge >= 0.3 is 0 Å². The summed E-state index contributed by atoms with van der Waals surface area (Å²) in [6.45, 7) is 3.34. The van der Waals surface area contributed by atoms with Crippen molar-refractivity contribution in [3.63, 3.8) is 0 Å². The molecule has 2 atom stereocenters. The number of ether oxygens (including phenoxy) is 4. The van der Waals surface area contributed by atoms with Crippen molar-refractivity contribution in [1.82, 2.24) is 0 Å². The Kier molecular flexibility index (Phi) is 6.78. The molecule has 56 heavy (non-hydrogen) atoms. The quantitative estimate of drug-likeness (QED) is 0.223. The highest BCUT2D eigenvalue weighted by atomic mass is 16.6. The fourth-order valence-electron chi connectivity index (χ4n) is 21.4. The lowest BCUT2D eigenvalue weighted by molar-refractivity contribution is -0.0264. The minimum absolute atomic E-state index is 0.262. The Hall–Kier alpha value is -1.26. The third-order valence-electron chi connectivity index (χ3n) is 21.3. The van der Waals surface area contributed by atoms with Crippen molar-refractivity contribution in [1.29, 1.82) is 0 Å². The summed E-state index contributed by atoms with van der Waals surface area (Å²) < 4.78 is 28.1. The summed E-state index contributed by atoms with van der Waals surface area (Å²) in [5.74, 6) is 14.0. The van der Waals surface area contributed by atoms with E-state index >= 15 is 0 Å². The molecule has 18 fully saturated rings. The van der Waals surface area contributed by atoms with E-state index in [0.717, 1.165) is 97.4 Å². The fraction of sp³-hybridized carbons (Fsp3) is 0.885. The van der Waals surface area contributed by atoms with Crippen LogP contribution in [-0.2, 0) is 31.1 Å². The van der Waals surface area contributed by atoms with Crippen molar-refractivity contribution in [3.8, 4) is 11.5 Å². The van der Waals surface area contributed by atoms with E-state index in [1.807, 2.05) is 22.3 Å². The first-order chi connectivity index (χ1) is 27.4. The highest BCUT2D eigenvalue weighted by molar-refractivity contribution is 5.70. The number of benzene rings is 1. The SMILES string of the molecule is C1C2CC3CC1CC(c1c(OCC4CO4)c(C45CC6CC(CC(C6)C4)C5)c(C45CC6CC(CC(C6)C4)C5)c(OCC4CO4)c1C14CC5CC(CC(C5)C1)C4)(C2)C3. The van der Waals surface area contributed by atoms with Crippen LogP contribution in [0.3, 0.4) is 0 Å². The van der Waals surface area contributed by atoms with Crippen LogP contribution in [0, 0.1) is 71.0 Å². The van der Waals surface area contributed by atoms with E-state index in [0.29, 0.717) is 0 Å². The molecule has 0 spiro atoms. The van der Waals surface area contributed by atoms with Gasteiger partial charge in [0.05, 0.1) is 13.2 Å². The first-order valence-corrected chi connectivity index (χ1v) is 25.1. The fourth-order valence-corrected chi connectivity index (χ4v) is 21.4. The topological polar surface area (TPSA) is 43.5 Å². The number of rotatable bonds is 10. The summed E-state index contributed by atoms with van der Waals surface area (Å²) in [4.78, 5) is 0. The van der Waals surface area contributed by atoms with Gasteiger partial charge in [0.25, 0.3) is 0 Å². The normalized spacial score (nSPS) is 55.4. The van der Waals surface area contributed by atoms with Crippen LogP contribution in [0.25, 0.3) is 0 Å². The monoisotopic (exact) mass is 759 g/mol. The minimum atomic E-state index is 0.262. The molecule has 0 aromatic heterocycles. The lowest BCUT2D eigenvalue weighted by Crippen LogP contribution is -2.55. The van der Waals surface area contributed by atoms with Crippen molar-refractivity contribution >= 4 is 0 Å². The molecule has 0 radical (unpaired) electrons. The van der Waals surface area contributed by atoms with E-state index in [4.69, 9.17) is 18.9 Å². The molecule has 2 aliphatic heterocycles. The summed E-state index contributed by atoms with van der Waals surface area (Å²) in [6.07, 6.45) is 35.8. The van der Waals surface area contributed by atoms with Crippen LogP contribution in [0.4, 0.5) is 0 Å². The third-order valence-corrected chi connectivity index (χ3v) is 21.3. The molecule has 19 rings (SSSR count). The molecule has 18 aliphatic rings. The molecule has 4 heteroatoms. The summed E-state index contributed by atoms with van der Waals surface area (Å²) >= 11 is 0. The van der Waals surface area contributed by atoms with Crippen LogP contribution in [0.1, 0.15) is 176 Å². The highest BCUT2D eigenvalue weighted by Gasteiger charge is 2.64. The predicted molar refractivity (Wildman–Crippen MR) is 216 cm³/mol. The zero-order valence-corrected chi connectivity index (χ0v) is 34.5. The van der Waals surface area contributed by atoms with Gasteiger partial charge in [-0.3, -0.25) is 0 Å². The van der Waals surface area contributed by atoms with E-state index in [2.05, 4.69) is 0 Å². The maximum atomic E-state index is 7.97. The van der Waals surface area contributed by atoms with E-state index in [1.165, 1.54) is 166 Å². The molecule has 16 aliphatic carbocycles. The Bertz CT molecular complexity index is 1440. The second kappa shape index (κ2) is 11.4. The third kappa shape index (κ3) is 4.84. The maximum Gasteiger partial charge on any atom is 0.127 e. The molecule has 1 aromatic carbocycles. The standard InChI is InChI=1S/C52H70O4/c1-29-2-31-3-30(1)14-49(13-29,15-31)43-44(50-16-32-4-33(17-50)6-34(5-32)18-50)48(56-28-42-26-54-42)46(52-22-38-10-39(23-52)12-40(11-38)24-52)45(47(43)55-27-41-25-53-41)51-19-35-7-36(20-51)9-37(8-35)21-51/h29-42H,1-28H2. The van der Waals surface area contributed by atoms with E-state index < -0.39 is 0 Å². The average Bonchev–Trinajstić information content (AvgIpc) is 4.07. The van der Waals surface area contributed by atoms with Crippen LogP contribution >= 0.6 is 0 Å². The Morgan fingerprint density at radius 2 is 0.500 bits per heavy atom. The minimum Gasteiger partial charge on any atom is -0.490 e. The number of hydrogen-bond donors (Lipinski definition) is 0. The maximum absolute atomic E-state index is 7.97. The van der Waals surface area contributed by atoms with Crippen LogP contribution < -0.4 is 9.47 Å². The smallest absolute Gasteiger partial charge is 0.127 e. The molecular weight excluding hydrogens is 689 g/mol. The van der Waals surface area contributed by atoms with Crippen molar-refractivity contribution in [3.05, 3.63) is 22.3 Å². The zero-order valence-electron chi connectivity index (χ0n) is 34.5. The van der Waals surface area contributed by atoms with Gasteiger partial charge in [0, 0.05) is 43.9 Å². The largest absolute Gasteiger partial charge is 0.490 e. The van der Waals surface area contributed by atoms with E-state index in [9.17, 15) is 0 Å². The van der Waals surface area contributed by atoms with Gasteiger partial charge in [0.1, 0.15) is 36.9 Å². The van der Waals surface area contributed by atoms with E-state index in [1.54, 1.807) is 0 Å². The lowest BCUT2D eigenvalue weighted by atomic mass is 9.41. The average molecular weight is 759 g/mol. The highest BCUT2D eigenvalue weighted by Crippen LogP contribution is 2.74. The predicted octanol–water partition coefficient (Wildman–Crippen LogP) is 11.1. The number of epoxide rings is 2. The molecule has 302 valence electrons. The van der Waals surface area contributed by atoms with Gasteiger partial charge in [-0.05, 0) is 225 Å². The molecule has 4 nitrogen and oxygen atoms in total. The van der Waals surface area contributed by atoms with Crippen LogP contribution in [0.2, 0.25) is 0 Å². The second-order valence-corrected chi connectivity index (χ2v) is 25.5. The Labute approximate surface area is 337 Å². The summed E-state index contributed by atoms with van der Waals surface area (Å²) in [5, 5.41) is 0. The molecule has 16 bridgehead atoms. The molecular formula is C52H70O4. The van der Waals surface area contributed by atoms with Gasteiger partial charge in [0.15, 0.2) is 0 Å².